The van der Waals surface area contributed by atoms with Gasteiger partial charge >= 0.3 is 17.9 Å². The quantitative estimate of drug-likeness (QED) is 0.0406. The average Bonchev–Trinajstić information content (AvgIpc) is 3.33. The number of hydrogen-bond acceptors (Lipinski definition) is 7. The maximum absolute atomic E-state index is 12.1. The van der Waals surface area contributed by atoms with Crippen molar-refractivity contribution in [2.75, 3.05) is 13.2 Å². The van der Waals surface area contributed by atoms with Crippen LogP contribution < -0.4 is 0 Å². The molecule has 0 rings (SSSR count). The minimum Gasteiger partial charge on any atom is -0.481 e. The highest BCUT2D eigenvalue weighted by Gasteiger charge is 2.11. The standard InChI is InChI=1S/C40H78O4.C18H36O2.C4H10O2/c1-4-6-8-10-12-14-16-18-20-22-24-26-28-30-32-34-39(41)43-37-36-38(3)44-40(42)35-33-31-29-27-25-23-21-19-17-15-13-11-9-7-5-2;1-2-3-4-5-6-7-8-9-10-11-12-13-14-15-16-17-18(19)20;1-4(6)2-3-5/h38H,4-37H2,1-3H3;2-17H2,1H3,(H,19,20);4-6H,2-3H2,1H3. The molecule has 0 aromatic carbocycles. The van der Waals surface area contributed by atoms with Crippen molar-refractivity contribution in [3.63, 3.8) is 0 Å². The van der Waals surface area contributed by atoms with Gasteiger partial charge in [0.1, 0.15) is 6.10 Å². The number of carboxylic acid groups (broad SMARTS) is 1. The summed E-state index contributed by atoms with van der Waals surface area (Å²) in [7, 11) is 0. The lowest BCUT2D eigenvalue weighted by Crippen LogP contribution is -2.18. The van der Waals surface area contributed by atoms with E-state index in [-0.39, 0.29) is 30.8 Å². The number of carboxylic acids is 1. The Morgan fingerprint density at radius 3 is 0.829 bits per heavy atom. The number of esters is 2. The first-order chi connectivity index (χ1) is 34.1. The molecule has 0 spiro atoms. The molecule has 0 saturated carbocycles. The van der Waals surface area contributed by atoms with Gasteiger partial charge in [0.15, 0.2) is 0 Å². The van der Waals surface area contributed by atoms with Crippen LogP contribution in [0.25, 0.3) is 0 Å². The molecule has 0 radical (unpaired) electrons. The van der Waals surface area contributed by atoms with Crippen LogP contribution in [0.1, 0.15) is 356 Å². The third-order valence-electron chi connectivity index (χ3n) is 13.6. The van der Waals surface area contributed by atoms with Gasteiger partial charge in [-0.1, -0.05) is 290 Å². The van der Waals surface area contributed by atoms with Crippen molar-refractivity contribution in [1.82, 2.24) is 0 Å². The van der Waals surface area contributed by atoms with Gasteiger partial charge in [0, 0.05) is 32.3 Å². The Balaban J connectivity index is -0.00000142. The van der Waals surface area contributed by atoms with E-state index in [1.54, 1.807) is 6.92 Å². The van der Waals surface area contributed by atoms with E-state index in [1.165, 1.54) is 250 Å². The van der Waals surface area contributed by atoms with Gasteiger partial charge in [-0.15, -0.1) is 0 Å². The van der Waals surface area contributed by atoms with Crippen LogP contribution in [0.4, 0.5) is 0 Å². The van der Waals surface area contributed by atoms with Crippen molar-refractivity contribution in [2.24, 2.45) is 0 Å². The van der Waals surface area contributed by atoms with E-state index in [0.29, 0.717) is 38.7 Å². The lowest BCUT2D eigenvalue weighted by atomic mass is 10.0. The van der Waals surface area contributed by atoms with Crippen LogP contribution in [0.2, 0.25) is 0 Å². The van der Waals surface area contributed by atoms with Crippen molar-refractivity contribution in [3.05, 3.63) is 0 Å². The number of aliphatic hydroxyl groups excluding tert-OH is 2. The molecule has 420 valence electrons. The summed E-state index contributed by atoms with van der Waals surface area (Å²) >= 11 is 0. The topological polar surface area (TPSA) is 130 Å². The van der Waals surface area contributed by atoms with Gasteiger partial charge in [0.05, 0.1) is 12.7 Å². The monoisotopic (exact) mass is 997 g/mol. The highest BCUT2D eigenvalue weighted by Crippen LogP contribution is 2.17. The van der Waals surface area contributed by atoms with Gasteiger partial charge in [0.2, 0.25) is 0 Å². The van der Waals surface area contributed by atoms with Crippen LogP contribution in [0, 0.1) is 0 Å². The summed E-state index contributed by atoms with van der Waals surface area (Å²) in [5.41, 5.74) is 0. The summed E-state index contributed by atoms with van der Waals surface area (Å²) in [5, 5.41) is 25.0. The first kappa shape index (κ1) is 72.6. The summed E-state index contributed by atoms with van der Waals surface area (Å²) < 4.78 is 10.9. The Morgan fingerprint density at radius 2 is 0.600 bits per heavy atom. The second-order valence-electron chi connectivity index (χ2n) is 21.2. The van der Waals surface area contributed by atoms with E-state index in [9.17, 15) is 14.4 Å². The van der Waals surface area contributed by atoms with E-state index in [4.69, 9.17) is 24.8 Å². The zero-order chi connectivity index (χ0) is 52.1. The molecule has 0 saturated heterocycles. The first-order valence-electron chi connectivity index (χ1n) is 31.0. The Kier molecular flexibility index (Phi) is 67.8. The molecule has 0 aliphatic carbocycles. The zero-order valence-corrected chi connectivity index (χ0v) is 47.8. The highest BCUT2D eigenvalue weighted by atomic mass is 16.6. The number of hydrogen-bond donors (Lipinski definition) is 3. The zero-order valence-electron chi connectivity index (χ0n) is 47.8. The van der Waals surface area contributed by atoms with Crippen molar-refractivity contribution < 1.29 is 39.2 Å². The van der Waals surface area contributed by atoms with Crippen LogP contribution in [-0.2, 0) is 23.9 Å². The van der Waals surface area contributed by atoms with Gasteiger partial charge < -0.3 is 24.8 Å². The molecule has 2 atom stereocenters. The number of carbonyl (C=O) groups is 3. The summed E-state index contributed by atoms with van der Waals surface area (Å²) in [6.07, 6.45) is 61.4. The van der Waals surface area contributed by atoms with E-state index in [2.05, 4.69) is 20.8 Å². The second kappa shape index (κ2) is 65.3. The largest absolute Gasteiger partial charge is 0.481 e. The van der Waals surface area contributed by atoms with E-state index < -0.39 is 5.97 Å². The van der Waals surface area contributed by atoms with Gasteiger partial charge in [-0.3, -0.25) is 14.4 Å². The fourth-order valence-corrected chi connectivity index (χ4v) is 8.87. The maximum atomic E-state index is 12.1. The SMILES string of the molecule is CC(O)CCO.CCCCCCCCCCCCCCCCCC(=O)O.CCCCCCCCCCCCCCCCCC(=O)OCCC(C)OC(=O)CCCCCCCCCCCCCCCCC. The second-order valence-corrected chi connectivity index (χ2v) is 21.2. The molecule has 3 N–H and O–H groups in total. The summed E-state index contributed by atoms with van der Waals surface area (Å²) in [6, 6.07) is 0. The minimum atomic E-state index is -0.653. The van der Waals surface area contributed by atoms with Crippen LogP contribution in [0.15, 0.2) is 0 Å². The lowest BCUT2D eigenvalue weighted by molar-refractivity contribution is -0.150. The molecule has 0 aromatic heterocycles. The van der Waals surface area contributed by atoms with Crippen LogP contribution in [0.3, 0.4) is 0 Å². The smallest absolute Gasteiger partial charge is 0.306 e. The Morgan fingerprint density at radius 1 is 0.357 bits per heavy atom. The normalized spacial score (nSPS) is 11.9. The maximum Gasteiger partial charge on any atom is 0.306 e. The highest BCUT2D eigenvalue weighted by molar-refractivity contribution is 5.70. The molecule has 0 fully saturated rings. The molecule has 0 aromatic rings. The molecule has 2 unspecified atom stereocenters. The van der Waals surface area contributed by atoms with Crippen molar-refractivity contribution in [2.45, 2.75) is 368 Å². The van der Waals surface area contributed by atoms with E-state index in [0.717, 1.165) is 38.5 Å². The van der Waals surface area contributed by atoms with Crippen molar-refractivity contribution in [1.29, 1.82) is 0 Å². The van der Waals surface area contributed by atoms with Crippen molar-refractivity contribution in [3.8, 4) is 0 Å². The molecule has 0 aliphatic rings. The van der Waals surface area contributed by atoms with Crippen LogP contribution in [-0.4, -0.2) is 58.6 Å². The van der Waals surface area contributed by atoms with Crippen LogP contribution >= 0.6 is 0 Å². The number of aliphatic carboxylic acids is 1. The molecule has 0 amide bonds. The fourth-order valence-electron chi connectivity index (χ4n) is 8.87. The van der Waals surface area contributed by atoms with Gasteiger partial charge in [-0.2, -0.15) is 0 Å². The van der Waals surface area contributed by atoms with E-state index >= 15 is 0 Å². The third kappa shape index (κ3) is 72.9. The minimum absolute atomic E-state index is 0.0810. The summed E-state index contributed by atoms with van der Waals surface area (Å²) in [4.78, 5) is 34.5. The Hall–Kier alpha value is -1.67. The predicted octanol–water partition coefficient (Wildman–Crippen LogP) is 19.5. The number of rotatable bonds is 54. The Bertz CT molecular complexity index is 1000. The van der Waals surface area contributed by atoms with Gasteiger partial charge in [-0.25, -0.2) is 0 Å². The van der Waals surface area contributed by atoms with Gasteiger partial charge in [0.25, 0.3) is 0 Å². The van der Waals surface area contributed by atoms with Crippen molar-refractivity contribution >= 4 is 17.9 Å². The molecule has 0 heterocycles. The molecular formula is C62H124O8. The summed E-state index contributed by atoms with van der Waals surface area (Å²) in [6.45, 7) is 10.8. The number of ether oxygens (including phenoxy) is 2. The number of carbonyl (C=O) groups excluding carboxylic acids is 2. The fraction of sp³-hybridized carbons (Fsp3) is 0.952. The Labute approximate surface area is 436 Å². The van der Waals surface area contributed by atoms with E-state index in [1.807, 2.05) is 6.92 Å². The van der Waals surface area contributed by atoms with Gasteiger partial charge in [-0.05, 0) is 39.5 Å². The molecule has 70 heavy (non-hydrogen) atoms. The predicted molar refractivity (Wildman–Crippen MR) is 301 cm³/mol. The molecule has 8 nitrogen and oxygen atoms in total. The summed E-state index contributed by atoms with van der Waals surface area (Å²) in [5.74, 6) is -0.882. The molecule has 8 heteroatoms. The lowest BCUT2D eigenvalue weighted by Gasteiger charge is -2.13. The number of aliphatic hydroxyl groups is 2. The third-order valence-corrected chi connectivity index (χ3v) is 13.6. The number of unbranched alkanes of at least 4 members (excludes halogenated alkanes) is 42. The first-order valence-corrected chi connectivity index (χ1v) is 31.0. The molecular weight excluding hydrogens is 873 g/mol. The molecule has 0 bridgehead atoms. The average molecular weight is 998 g/mol. The molecule has 0 aliphatic heterocycles. The van der Waals surface area contributed by atoms with Crippen LogP contribution in [0.5, 0.6) is 0 Å².